The van der Waals surface area contributed by atoms with Crippen LogP contribution in [0.2, 0.25) is 0 Å². The summed E-state index contributed by atoms with van der Waals surface area (Å²) in [5, 5.41) is 21.3. The van der Waals surface area contributed by atoms with E-state index in [0.717, 1.165) is 15.1 Å². The van der Waals surface area contributed by atoms with Crippen LogP contribution < -0.4 is 5.32 Å². The second-order valence-electron chi connectivity index (χ2n) is 4.36. The van der Waals surface area contributed by atoms with Gasteiger partial charge in [0.25, 0.3) is 5.91 Å². The Kier molecular flexibility index (Phi) is 4.32. The number of halogens is 1. The molecule has 0 saturated carbocycles. The summed E-state index contributed by atoms with van der Waals surface area (Å²) in [5.41, 5.74) is 1.27. The van der Waals surface area contributed by atoms with Crippen LogP contribution in [0.4, 0.5) is 5.69 Å². The van der Waals surface area contributed by atoms with Crippen LogP contribution in [0.25, 0.3) is 0 Å². The quantitative estimate of drug-likeness (QED) is 0.739. The number of hydrogen-bond acceptors (Lipinski definition) is 4. The average Bonchev–Trinajstić information content (AvgIpc) is 2.62. The smallest absolute Gasteiger partial charge is 0.257 e. The topological polar surface area (TPSA) is 69.6 Å². The molecule has 1 aromatic carbocycles. The monoisotopic (exact) mass is 331 g/mol. The highest BCUT2D eigenvalue weighted by molar-refractivity contribution is 9.10. The summed E-state index contributed by atoms with van der Waals surface area (Å²) in [4.78, 5) is 12.3. The van der Waals surface area contributed by atoms with E-state index in [1.807, 2.05) is 13.0 Å². The van der Waals surface area contributed by atoms with Crippen LogP contribution in [-0.2, 0) is 4.79 Å². The molecule has 2 rings (SSSR count). The first-order valence-electron chi connectivity index (χ1n) is 5.59. The van der Waals surface area contributed by atoms with Gasteiger partial charge in [-0.2, -0.15) is 0 Å². The molecule has 0 radical (unpaired) electrons. The first kappa shape index (κ1) is 13.9. The van der Waals surface area contributed by atoms with E-state index in [1.165, 1.54) is 0 Å². The maximum absolute atomic E-state index is 11.3. The predicted octanol–water partition coefficient (Wildman–Crippen LogP) is 2.16. The Balaban J connectivity index is 2.19. The van der Waals surface area contributed by atoms with Crippen molar-refractivity contribution in [1.29, 1.82) is 0 Å². The number of thioether (sulfide) groups is 1. The Morgan fingerprint density at radius 2 is 2.28 bits per heavy atom. The van der Waals surface area contributed by atoms with Crippen LogP contribution in [0.15, 0.2) is 21.5 Å². The molecule has 0 bridgehead atoms. The molecular formula is C12H14BrNO3S. The number of anilines is 1. The van der Waals surface area contributed by atoms with Gasteiger partial charge < -0.3 is 15.5 Å². The van der Waals surface area contributed by atoms with Crippen molar-refractivity contribution in [2.75, 3.05) is 17.7 Å². The molecule has 0 aliphatic carbocycles. The van der Waals surface area contributed by atoms with Crippen molar-refractivity contribution in [1.82, 2.24) is 0 Å². The van der Waals surface area contributed by atoms with E-state index in [1.54, 1.807) is 17.8 Å². The molecule has 1 aliphatic rings. The van der Waals surface area contributed by atoms with Gasteiger partial charge in [-0.15, -0.1) is 11.8 Å². The SMILES string of the molecule is CC(CO)CSc1cc2c(cc1Br)C(O)C(=O)N2. The summed E-state index contributed by atoms with van der Waals surface area (Å²) >= 11 is 5.04. The normalized spacial score (nSPS) is 19.6. The fourth-order valence-electron chi connectivity index (χ4n) is 1.64. The van der Waals surface area contributed by atoms with Gasteiger partial charge >= 0.3 is 0 Å². The minimum atomic E-state index is -1.08. The minimum Gasteiger partial charge on any atom is -0.396 e. The number of fused-ring (bicyclic) bond motifs is 1. The lowest BCUT2D eigenvalue weighted by Crippen LogP contribution is -2.10. The second kappa shape index (κ2) is 5.61. The van der Waals surface area contributed by atoms with Gasteiger partial charge in [0.1, 0.15) is 0 Å². The molecule has 0 spiro atoms. The third-order valence-corrected chi connectivity index (χ3v) is 5.04. The number of aliphatic hydroxyl groups is 2. The van der Waals surface area contributed by atoms with Crippen LogP contribution in [-0.4, -0.2) is 28.5 Å². The second-order valence-corrected chi connectivity index (χ2v) is 6.28. The van der Waals surface area contributed by atoms with Crippen molar-refractivity contribution < 1.29 is 15.0 Å². The number of aliphatic hydroxyl groups excluding tert-OH is 2. The molecule has 6 heteroatoms. The van der Waals surface area contributed by atoms with Gasteiger partial charge in [0.05, 0.1) is 0 Å². The van der Waals surface area contributed by atoms with E-state index in [0.29, 0.717) is 11.3 Å². The lowest BCUT2D eigenvalue weighted by molar-refractivity contribution is -0.123. The largest absolute Gasteiger partial charge is 0.396 e. The molecule has 0 fully saturated rings. The number of carbonyl (C=O) groups is 1. The van der Waals surface area contributed by atoms with E-state index in [4.69, 9.17) is 5.11 Å². The van der Waals surface area contributed by atoms with Crippen LogP contribution in [0, 0.1) is 5.92 Å². The number of carbonyl (C=O) groups excluding carboxylic acids is 1. The predicted molar refractivity (Wildman–Crippen MR) is 74.7 cm³/mol. The highest BCUT2D eigenvalue weighted by atomic mass is 79.9. The molecule has 1 amide bonds. The first-order valence-corrected chi connectivity index (χ1v) is 7.36. The number of hydrogen-bond donors (Lipinski definition) is 3. The zero-order valence-electron chi connectivity index (χ0n) is 9.81. The molecule has 1 aliphatic heterocycles. The molecule has 2 unspecified atom stereocenters. The molecule has 98 valence electrons. The summed E-state index contributed by atoms with van der Waals surface area (Å²) in [6.07, 6.45) is -1.08. The lowest BCUT2D eigenvalue weighted by Gasteiger charge is -2.10. The Morgan fingerprint density at radius 1 is 1.56 bits per heavy atom. The Morgan fingerprint density at radius 3 is 2.94 bits per heavy atom. The molecule has 4 nitrogen and oxygen atoms in total. The number of rotatable bonds is 4. The third kappa shape index (κ3) is 2.71. The van der Waals surface area contributed by atoms with E-state index in [-0.39, 0.29) is 18.4 Å². The van der Waals surface area contributed by atoms with Gasteiger partial charge in [-0.3, -0.25) is 4.79 Å². The highest BCUT2D eigenvalue weighted by Gasteiger charge is 2.29. The Bertz CT molecular complexity index is 481. The zero-order valence-corrected chi connectivity index (χ0v) is 12.2. The van der Waals surface area contributed by atoms with E-state index in [9.17, 15) is 9.90 Å². The molecular weight excluding hydrogens is 318 g/mol. The number of amides is 1. The van der Waals surface area contributed by atoms with Crippen molar-refractivity contribution in [2.24, 2.45) is 5.92 Å². The van der Waals surface area contributed by atoms with Crippen molar-refractivity contribution in [3.05, 3.63) is 22.2 Å². The lowest BCUT2D eigenvalue weighted by atomic mass is 10.1. The van der Waals surface area contributed by atoms with Crippen LogP contribution in [0.1, 0.15) is 18.6 Å². The third-order valence-electron chi connectivity index (χ3n) is 2.74. The van der Waals surface area contributed by atoms with Gasteiger partial charge in [-0.05, 0) is 34.0 Å². The summed E-state index contributed by atoms with van der Waals surface area (Å²) in [5.74, 6) is 0.628. The minimum absolute atomic E-state index is 0.158. The fraction of sp³-hybridized carbons (Fsp3) is 0.417. The van der Waals surface area contributed by atoms with Crippen molar-refractivity contribution in [3.8, 4) is 0 Å². The molecule has 0 aromatic heterocycles. The van der Waals surface area contributed by atoms with Crippen molar-refractivity contribution >= 4 is 39.3 Å². The maximum atomic E-state index is 11.3. The Hall–Kier alpha value is -0.560. The van der Waals surface area contributed by atoms with Crippen molar-refractivity contribution in [2.45, 2.75) is 17.9 Å². The Labute approximate surface area is 118 Å². The summed E-state index contributed by atoms with van der Waals surface area (Å²) in [6, 6.07) is 3.62. The van der Waals surface area contributed by atoms with E-state index < -0.39 is 6.10 Å². The summed E-state index contributed by atoms with van der Waals surface area (Å²) in [6.45, 7) is 2.13. The molecule has 18 heavy (non-hydrogen) atoms. The van der Waals surface area contributed by atoms with E-state index >= 15 is 0 Å². The van der Waals surface area contributed by atoms with Gasteiger partial charge in [0.2, 0.25) is 0 Å². The summed E-state index contributed by atoms with van der Waals surface area (Å²) in [7, 11) is 0. The van der Waals surface area contributed by atoms with Crippen molar-refractivity contribution in [3.63, 3.8) is 0 Å². The fourth-order valence-corrected chi connectivity index (χ4v) is 3.31. The van der Waals surface area contributed by atoms with Crippen LogP contribution in [0.3, 0.4) is 0 Å². The van der Waals surface area contributed by atoms with Gasteiger partial charge in [-0.1, -0.05) is 6.92 Å². The highest BCUT2D eigenvalue weighted by Crippen LogP contribution is 2.39. The molecule has 0 saturated heterocycles. The van der Waals surface area contributed by atoms with E-state index in [2.05, 4.69) is 21.2 Å². The number of benzene rings is 1. The first-order chi connectivity index (χ1) is 8.52. The van der Waals surface area contributed by atoms with Crippen LogP contribution in [0.5, 0.6) is 0 Å². The van der Waals surface area contributed by atoms with Gasteiger partial charge in [0.15, 0.2) is 6.10 Å². The van der Waals surface area contributed by atoms with Crippen LogP contribution >= 0.6 is 27.7 Å². The standard InChI is InChI=1S/C12H14BrNO3S/c1-6(4-15)5-18-10-3-9-7(2-8(10)13)11(16)12(17)14-9/h2-3,6,11,15-16H,4-5H2,1H3,(H,14,17). The van der Waals surface area contributed by atoms with Gasteiger partial charge in [-0.25, -0.2) is 0 Å². The molecule has 2 atom stereocenters. The van der Waals surface area contributed by atoms with Gasteiger partial charge in [0, 0.05) is 33.0 Å². The summed E-state index contributed by atoms with van der Waals surface area (Å²) < 4.78 is 0.854. The molecule has 3 N–H and O–H groups in total. The zero-order chi connectivity index (χ0) is 13.3. The maximum Gasteiger partial charge on any atom is 0.257 e. The average molecular weight is 332 g/mol. The molecule has 1 aromatic rings. The molecule has 1 heterocycles. The number of nitrogens with one attached hydrogen (secondary N) is 1.